The number of fused-ring (bicyclic) bond motifs is 3. The molecule has 4 heteroatoms. The normalized spacial score (nSPS) is 11.9. The molecule has 2 aromatic rings. The number of pyridine rings is 1. The van der Waals surface area contributed by atoms with Gasteiger partial charge < -0.3 is 4.98 Å². The molecule has 3 rings (SSSR count). The van der Waals surface area contributed by atoms with Crippen molar-refractivity contribution < 1.29 is 4.79 Å². The number of hydrogen-bond acceptors (Lipinski definition) is 3. The minimum absolute atomic E-state index is 0.00824. The molecule has 0 amide bonds. The van der Waals surface area contributed by atoms with Gasteiger partial charge in [0.15, 0.2) is 5.78 Å². The zero-order valence-electron chi connectivity index (χ0n) is 9.57. The van der Waals surface area contributed by atoms with Gasteiger partial charge in [0.1, 0.15) is 11.6 Å². The van der Waals surface area contributed by atoms with E-state index in [0.717, 1.165) is 0 Å². The van der Waals surface area contributed by atoms with E-state index < -0.39 is 5.56 Å². The molecule has 4 nitrogen and oxygen atoms in total. The van der Waals surface area contributed by atoms with Gasteiger partial charge in [-0.15, -0.1) is 0 Å². The third kappa shape index (κ3) is 1.13. The van der Waals surface area contributed by atoms with E-state index in [1.807, 2.05) is 6.07 Å². The fourth-order valence-corrected chi connectivity index (χ4v) is 2.41. The molecule has 1 aromatic carbocycles. The maximum absolute atomic E-state index is 12.3. The predicted molar refractivity (Wildman–Crippen MR) is 65.4 cm³/mol. The smallest absolute Gasteiger partial charge is 0.266 e. The van der Waals surface area contributed by atoms with Crippen LogP contribution in [-0.2, 0) is 0 Å². The average Bonchev–Trinajstić information content (AvgIpc) is 2.65. The molecule has 1 heterocycles. The maximum Gasteiger partial charge on any atom is 0.266 e. The van der Waals surface area contributed by atoms with Gasteiger partial charge in [-0.1, -0.05) is 24.3 Å². The van der Waals surface area contributed by atoms with Gasteiger partial charge in [-0.3, -0.25) is 9.59 Å². The van der Waals surface area contributed by atoms with Gasteiger partial charge in [-0.25, -0.2) is 0 Å². The molecular weight excluding hydrogens is 228 g/mol. The molecule has 0 spiro atoms. The predicted octanol–water partition coefficient (Wildman–Crippen LogP) is 1.77. The lowest BCUT2D eigenvalue weighted by molar-refractivity contribution is 0.104. The standard InChI is InChI=1S/C14H8N2O2/c1-7-11-12(10(6-15)14(18)16-7)8-4-2-3-5-9(8)13(11)17/h2-5H,1H3,(H,16,18). The number of aromatic amines is 1. The molecule has 0 radical (unpaired) electrons. The van der Waals surface area contributed by atoms with E-state index in [1.54, 1.807) is 31.2 Å². The first-order chi connectivity index (χ1) is 8.65. The van der Waals surface area contributed by atoms with Crippen LogP contribution in [-0.4, -0.2) is 10.8 Å². The Morgan fingerprint density at radius 1 is 1.11 bits per heavy atom. The molecule has 18 heavy (non-hydrogen) atoms. The van der Waals surface area contributed by atoms with Crippen LogP contribution in [0.15, 0.2) is 29.1 Å². The van der Waals surface area contributed by atoms with E-state index in [2.05, 4.69) is 4.98 Å². The molecule has 1 aliphatic rings. The molecule has 0 fully saturated rings. The van der Waals surface area contributed by atoms with Crippen LogP contribution < -0.4 is 5.56 Å². The first-order valence-electron chi connectivity index (χ1n) is 5.46. The number of ketones is 1. The number of H-pyrrole nitrogens is 1. The van der Waals surface area contributed by atoms with E-state index in [0.29, 0.717) is 27.9 Å². The molecule has 0 saturated heterocycles. The SMILES string of the molecule is Cc1[nH]c(=O)c(C#N)c2c1C(=O)c1ccccc1-2. The first-order valence-corrected chi connectivity index (χ1v) is 5.46. The van der Waals surface area contributed by atoms with Crippen molar-refractivity contribution in [2.24, 2.45) is 0 Å². The van der Waals surface area contributed by atoms with Crippen LogP contribution in [0.25, 0.3) is 11.1 Å². The Hall–Kier alpha value is -2.67. The van der Waals surface area contributed by atoms with E-state index in [9.17, 15) is 9.59 Å². The van der Waals surface area contributed by atoms with Gasteiger partial charge in [0.25, 0.3) is 5.56 Å². The molecule has 0 bridgehead atoms. The lowest BCUT2D eigenvalue weighted by Crippen LogP contribution is -2.15. The first kappa shape index (κ1) is 10.5. The van der Waals surface area contributed by atoms with Crippen molar-refractivity contribution in [3.05, 3.63) is 57.0 Å². The Morgan fingerprint density at radius 2 is 1.78 bits per heavy atom. The van der Waals surface area contributed by atoms with Crippen molar-refractivity contribution in [3.63, 3.8) is 0 Å². The summed E-state index contributed by atoms with van der Waals surface area (Å²) >= 11 is 0. The third-order valence-corrected chi connectivity index (χ3v) is 3.18. The van der Waals surface area contributed by atoms with Crippen molar-refractivity contribution >= 4 is 5.78 Å². The molecule has 0 aliphatic heterocycles. The zero-order chi connectivity index (χ0) is 12.9. The summed E-state index contributed by atoms with van der Waals surface area (Å²) in [4.78, 5) is 26.6. The van der Waals surface area contributed by atoms with Crippen LogP contribution in [0.3, 0.4) is 0 Å². The van der Waals surface area contributed by atoms with Gasteiger partial charge >= 0.3 is 0 Å². The highest BCUT2D eigenvalue weighted by atomic mass is 16.1. The maximum atomic E-state index is 12.3. The molecule has 1 aliphatic carbocycles. The zero-order valence-corrected chi connectivity index (χ0v) is 9.57. The summed E-state index contributed by atoms with van der Waals surface area (Å²) in [5.41, 5.74) is 2.20. The quantitative estimate of drug-likeness (QED) is 0.646. The van der Waals surface area contributed by atoms with Gasteiger partial charge in [-0.05, 0) is 12.5 Å². The van der Waals surface area contributed by atoms with Crippen LogP contribution in [0.2, 0.25) is 0 Å². The Balaban J connectivity index is 2.56. The minimum atomic E-state index is -0.446. The summed E-state index contributed by atoms with van der Waals surface area (Å²) in [5.74, 6) is -0.133. The van der Waals surface area contributed by atoms with Gasteiger partial charge in [-0.2, -0.15) is 5.26 Å². The Labute approximate surface area is 103 Å². The number of nitrogens with zero attached hydrogens (tertiary/aromatic N) is 1. The van der Waals surface area contributed by atoms with Gasteiger partial charge in [0.05, 0.1) is 5.56 Å². The number of carbonyl (C=O) groups excluding carboxylic acids is 1. The number of benzene rings is 1. The lowest BCUT2D eigenvalue weighted by atomic mass is 10.0. The van der Waals surface area contributed by atoms with Crippen LogP contribution in [0.1, 0.15) is 27.2 Å². The fraction of sp³-hybridized carbons (Fsp3) is 0.0714. The summed E-state index contributed by atoms with van der Waals surface area (Å²) in [6, 6.07) is 8.92. The van der Waals surface area contributed by atoms with E-state index in [-0.39, 0.29) is 11.3 Å². The minimum Gasteiger partial charge on any atom is -0.325 e. The molecule has 0 saturated carbocycles. The van der Waals surface area contributed by atoms with Crippen LogP contribution in [0, 0.1) is 18.3 Å². The van der Waals surface area contributed by atoms with E-state index >= 15 is 0 Å². The number of carbonyl (C=O) groups is 1. The van der Waals surface area contributed by atoms with Crippen molar-refractivity contribution in [2.75, 3.05) is 0 Å². The average molecular weight is 236 g/mol. The van der Waals surface area contributed by atoms with E-state index in [4.69, 9.17) is 5.26 Å². The van der Waals surface area contributed by atoms with Crippen molar-refractivity contribution in [1.29, 1.82) is 5.26 Å². The largest absolute Gasteiger partial charge is 0.325 e. The second-order valence-corrected chi connectivity index (χ2v) is 4.19. The molecule has 86 valence electrons. The monoisotopic (exact) mass is 236 g/mol. The summed E-state index contributed by atoms with van der Waals surface area (Å²) in [6.07, 6.45) is 0. The highest BCUT2D eigenvalue weighted by molar-refractivity contribution is 6.22. The molecule has 0 atom stereocenters. The summed E-state index contributed by atoms with van der Waals surface area (Å²) < 4.78 is 0. The third-order valence-electron chi connectivity index (χ3n) is 3.18. The number of nitrogens with one attached hydrogen (secondary N) is 1. The number of nitriles is 1. The summed E-state index contributed by atoms with van der Waals surface area (Å²) in [6.45, 7) is 1.67. The number of aromatic nitrogens is 1. The Morgan fingerprint density at radius 3 is 2.44 bits per heavy atom. The second-order valence-electron chi connectivity index (χ2n) is 4.19. The van der Waals surface area contributed by atoms with Crippen LogP contribution >= 0.6 is 0 Å². The Kier molecular flexibility index (Phi) is 1.99. The van der Waals surface area contributed by atoms with E-state index in [1.165, 1.54) is 0 Å². The van der Waals surface area contributed by atoms with Gasteiger partial charge in [0, 0.05) is 16.8 Å². The summed E-state index contributed by atoms with van der Waals surface area (Å²) in [5, 5.41) is 9.10. The van der Waals surface area contributed by atoms with Crippen molar-refractivity contribution in [3.8, 4) is 17.2 Å². The Bertz CT molecular complexity index is 794. The highest BCUT2D eigenvalue weighted by Crippen LogP contribution is 2.38. The fourth-order valence-electron chi connectivity index (χ4n) is 2.41. The second kappa shape index (κ2) is 3.41. The van der Waals surface area contributed by atoms with Gasteiger partial charge in [0.2, 0.25) is 0 Å². The topological polar surface area (TPSA) is 73.7 Å². The molecule has 0 unspecified atom stereocenters. The van der Waals surface area contributed by atoms with Crippen molar-refractivity contribution in [2.45, 2.75) is 6.92 Å². The van der Waals surface area contributed by atoms with Crippen LogP contribution in [0.5, 0.6) is 0 Å². The van der Waals surface area contributed by atoms with Crippen molar-refractivity contribution in [1.82, 2.24) is 4.98 Å². The lowest BCUT2D eigenvalue weighted by Gasteiger charge is -2.04. The summed E-state index contributed by atoms with van der Waals surface area (Å²) in [7, 11) is 0. The number of rotatable bonds is 0. The molecular formula is C14H8N2O2. The molecule has 1 aromatic heterocycles. The molecule has 1 N–H and O–H groups in total. The highest BCUT2D eigenvalue weighted by Gasteiger charge is 2.31. The van der Waals surface area contributed by atoms with Crippen LogP contribution in [0.4, 0.5) is 0 Å². The number of hydrogen-bond donors (Lipinski definition) is 1. The number of aryl methyl sites for hydroxylation is 1.